The first-order valence-electron chi connectivity index (χ1n) is 17.6. The van der Waals surface area contributed by atoms with Crippen molar-refractivity contribution in [2.75, 3.05) is 0 Å². The van der Waals surface area contributed by atoms with Crippen LogP contribution < -0.4 is 24.8 Å². The van der Waals surface area contributed by atoms with Gasteiger partial charge in [-0.3, -0.25) is 0 Å². The van der Waals surface area contributed by atoms with Gasteiger partial charge >= 0.3 is 80.4 Å². The van der Waals surface area contributed by atoms with Gasteiger partial charge in [0.2, 0.25) is 0 Å². The fourth-order valence-electron chi connectivity index (χ4n) is 8.79. The minimum absolute atomic E-state index is 0. The molecular formula is C42H60Cl2SiZr-2. The molecule has 6 rings (SSSR count). The van der Waals surface area contributed by atoms with E-state index in [0.29, 0.717) is 5.92 Å². The zero-order chi connectivity index (χ0) is 32.3. The van der Waals surface area contributed by atoms with Crippen molar-refractivity contribution >= 4 is 11.0 Å². The minimum atomic E-state index is 0. The van der Waals surface area contributed by atoms with E-state index in [1.807, 2.05) is 53.7 Å². The molecule has 0 aromatic heterocycles. The molecule has 0 saturated heterocycles. The molecule has 4 aliphatic rings. The van der Waals surface area contributed by atoms with Crippen molar-refractivity contribution in [2.45, 2.75) is 126 Å². The van der Waals surface area contributed by atoms with Crippen molar-refractivity contribution in [3.05, 3.63) is 101 Å². The largest absolute Gasteiger partial charge is 1.00 e. The average molecular weight is 755 g/mol. The van der Waals surface area contributed by atoms with Gasteiger partial charge in [0.15, 0.2) is 0 Å². The molecule has 0 bridgehead atoms. The number of unbranched alkanes of at least 4 members (excludes halogenated alkanes) is 2. The van der Waals surface area contributed by atoms with Crippen molar-refractivity contribution < 1.29 is 48.1 Å². The van der Waals surface area contributed by atoms with E-state index in [-0.39, 0.29) is 51.9 Å². The van der Waals surface area contributed by atoms with Crippen LogP contribution in [0.3, 0.4) is 0 Å². The Labute approximate surface area is 311 Å². The molecule has 0 heterocycles. The second kappa shape index (κ2) is 16.8. The van der Waals surface area contributed by atoms with Crippen LogP contribution >= 0.6 is 0 Å². The van der Waals surface area contributed by atoms with Gasteiger partial charge in [0.05, 0.1) is 0 Å². The SMILES string of the molecule is CCCC[Si](=[Zr+2])CCCC.C[C-]1C2=C3Cc4ccccc4C3=C3C=CCCC3C2(C)C(C)(C)C(C)(C)C1(C)C.[Cl-].[Cl-].c1cc[cH-]c1. The van der Waals surface area contributed by atoms with Gasteiger partial charge in [-0.05, 0) is 40.6 Å². The van der Waals surface area contributed by atoms with Crippen molar-refractivity contribution in [3.8, 4) is 0 Å². The second-order valence-electron chi connectivity index (χ2n) is 15.5. The van der Waals surface area contributed by atoms with Crippen molar-refractivity contribution in [2.24, 2.45) is 27.6 Å². The molecule has 2 atom stereocenters. The van der Waals surface area contributed by atoms with Crippen molar-refractivity contribution in [1.82, 2.24) is 0 Å². The third-order valence-corrected chi connectivity index (χ3v) is 18.6. The summed E-state index contributed by atoms with van der Waals surface area (Å²) in [7, 11) is 0. The normalized spacial score (nSPS) is 24.0. The number of hydrogen-bond donors (Lipinski definition) is 0. The molecule has 2 aromatic rings. The number of hydrogen-bond acceptors (Lipinski definition) is 0. The number of halogens is 2. The molecule has 2 aromatic carbocycles. The summed E-state index contributed by atoms with van der Waals surface area (Å²) in [5.41, 5.74) is 10.5. The first-order chi connectivity index (χ1) is 20.8. The van der Waals surface area contributed by atoms with Crippen LogP contribution in [0.15, 0.2) is 83.5 Å². The summed E-state index contributed by atoms with van der Waals surface area (Å²) in [5.74, 6) is 2.24. The first kappa shape index (κ1) is 41.5. The third kappa shape index (κ3) is 7.28. The van der Waals surface area contributed by atoms with Crippen LogP contribution in [0.4, 0.5) is 0 Å². The van der Waals surface area contributed by atoms with Crippen LogP contribution in [-0.2, 0) is 29.8 Å². The molecule has 0 aliphatic heterocycles. The maximum atomic E-state index is 2.62. The Morgan fingerprint density at radius 1 is 0.870 bits per heavy atom. The monoisotopic (exact) mass is 752 g/mol. The molecule has 2 unspecified atom stereocenters. The molecule has 252 valence electrons. The summed E-state index contributed by atoms with van der Waals surface area (Å²) in [6.45, 7) is 24.9. The van der Waals surface area contributed by atoms with Crippen LogP contribution in [0.2, 0.25) is 12.1 Å². The summed E-state index contributed by atoms with van der Waals surface area (Å²) in [4.78, 5) is 0. The van der Waals surface area contributed by atoms with Crippen molar-refractivity contribution in [3.63, 3.8) is 0 Å². The Morgan fingerprint density at radius 3 is 2.00 bits per heavy atom. The smallest absolute Gasteiger partial charge is 0.00969 e. The van der Waals surface area contributed by atoms with Gasteiger partial charge in [-0.1, -0.05) is 113 Å². The van der Waals surface area contributed by atoms with Crippen LogP contribution in [0.5, 0.6) is 0 Å². The van der Waals surface area contributed by atoms with Gasteiger partial charge in [-0.25, -0.2) is 18.1 Å². The van der Waals surface area contributed by atoms with E-state index >= 15 is 0 Å². The Bertz CT molecular complexity index is 1360. The van der Waals surface area contributed by atoms with Crippen molar-refractivity contribution in [1.29, 1.82) is 0 Å². The summed E-state index contributed by atoms with van der Waals surface area (Å²) in [5, 5.41) is 0. The quantitative estimate of drug-likeness (QED) is 0.234. The van der Waals surface area contributed by atoms with Gasteiger partial charge in [-0.2, -0.15) is 29.3 Å². The molecule has 4 aliphatic carbocycles. The van der Waals surface area contributed by atoms with E-state index < -0.39 is 0 Å². The molecule has 0 nitrogen and oxygen atoms in total. The molecule has 4 heteroatoms. The molecule has 1 saturated carbocycles. The zero-order valence-corrected chi connectivity index (χ0v) is 35.5. The topological polar surface area (TPSA) is 0 Å². The minimum Gasteiger partial charge on any atom is -1.00 e. The van der Waals surface area contributed by atoms with E-state index in [0.717, 1.165) is 6.42 Å². The molecule has 1 fully saturated rings. The molecular weight excluding hydrogens is 695 g/mol. The van der Waals surface area contributed by atoms with Gasteiger partial charge in [0, 0.05) is 0 Å². The average Bonchev–Trinajstić information content (AvgIpc) is 3.71. The zero-order valence-electron chi connectivity index (χ0n) is 30.5. The Balaban J connectivity index is 0.000000362. The maximum Gasteiger partial charge on any atom is -0.00969 e. The molecule has 0 N–H and O–H groups in total. The van der Waals surface area contributed by atoms with E-state index in [9.17, 15) is 0 Å². The summed E-state index contributed by atoms with van der Waals surface area (Å²) >= 11 is 1.86. The van der Waals surface area contributed by atoms with Crippen LogP contribution in [0.25, 0.3) is 5.57 Å². The van der Waals surface area contributed by atoms with Crippen LogP contribution in [0, 0.1) is 33.5 Å². The van der Waals surface area contributed by atoms with E-state index in [4.69, 9.17) is 0 Å². The number of rotatable bonds is 6. The van der Waals surface area contributed by atoms with E-state index in [2.05, 4.69) is 106 Å². The second-order valence-corrected chi connectivity index (χ2v) is 22.9. The Hall–Kier alpha value is -0.660. The van der Waals surface area contributed by atoms with Gasteiger partial charge in [0.1, 0.15) is 0 Å². The standard InChI is InChI=1S/C29H37.C8H18Si.C5H5.2ClH.Zr/c1-18-25-22-17-19-13-9-10-14-20(19)24(22)21-15-11-12-16-23(21)29(25,8)28(6,7)27(4,5)26(18,2)3;1-3-5-7-9-8-6-4-2;1-2-4-5-3-1;;;/h9-11,13-15,23H,12,16-17H2,1-8H3;3-8H2,1-2H3;1-5H;2*1H;/q-1;;-1;;;+2/p-2. The van der Waals surface area contributed by atoms with Crippen LogP contribution in [0.1, 0.15) is 119 Å². The fourth-order valence-corrected chi connectivity index (χ4v) is 13.2. The Morgan fingerprint density at radius 2 is 1.46 bits per heavy atom. The Kier molecular flexibility index (Phi) is 15.2. The summed E-state index contributed by atoms with van der Waals surface area (Å²) in [6, 6.07) is 22.3. The molecule has 0 spiro atoms. The summed E-state index contributed by atoms with van der Waals surface area (Å²) < 4.78 is 0. The molecule has 46 heavy (non-hydrogen) atoms. The van der Waals surface area contributed by atoms with Gasteiger partial charge < -0.3 is 24.8 Å². The maximum absolute atomic E-state index is 2.62. The van der Waals surface area contributed by atoms with Crippen LogP contribution in [-0.4, -0.2) is 5.43 Å². The number of fused-ring (bicyclic) bond motifs is 6. The van der Waals surface area contributed by atoms with Gasteiger partial charge in [-0.15, -0.1) is 6.92 Å². The molecule has 0 amide bonds. The fraction of sp³-hybridized carbons (Fsp3) is 0.571. The predicted molar refractivity (Wildman–Crippen MR) is 192 cm³/mol. The van der Waals surface area contributed by atoms with E-state index in [1.54, 1.807) is 40.3 Å². The predicted octanol–water partition coefficient (Wildman–Crippen LogP) is 6.50. The van der Waals surface area contributed by atoms with Gasteiger partial charge in [0.25, 0.3) is 0 Å². The number of benzene rings is 1. The first-order valence-corrected chi connectivity index (χ1v) is 23.2. The summed E-state index contributed by atoms with van der Waals surface area (Å²) in [6.07, 6.45) is 14.3. The van der Waals surface area contributed by atoms with E-state index in [1.165, 1.54) is 49.7 Å². The third-order valence-electron chi connectivity index (χ3n) is 13.0. The molecule has 0 radical (unpaired) electrons. The number of allylic oxidation sites excluding steroid dienone is 6.